The Bertz CT molecular complexity index is 328. The molecule has 0 fully saturated rings. The van der Waals surface area contributed by atoms with Crippen LogP contribution in [-0.2, 0) is 19.1 Å². The van der Waals surface area contributed by atoms with Crippen molar-refractivity contribution >= 4 is 11.9 Å². The molecule has 0 saturated carbocycles. The van der Waals surface area contributed by atoms with Gasteiger partial charge in [0.15, 0.2) is 0 Å². The monoisotopic (exact) mass is 242 g/mol. The number of hydrogen-bond acceptors (Lipinski definition) is 5. The summed E-state index contributed by atoms with van der Waals surface area (Å²) < 4.78 is 9.12. The molecule has 17 heavy (non-hydrogen) atoms. The van der Waals surface area contributed by atoms with E-state index in [2.05, 4.69) is 9.47 Å². The van der Waals surface area contributed by atoms with E-state index in [0.717, 1.165) is 5.57 Å². The molecular formula is C12H18O5. The van der Waals surface area contributed by atoms with Gasteiger partial charge in [-0.1, -0.05) is 0 Å². The van der Waals surface area contributed by atoms with Gasteiger partial charge in [0.05, 0.1) is 13.2 Å². The van der Waals surface area contributed by atoms with Crippen molar-refractivity contribution in [1.82, 2.24) is 0 Å². The Morgan fingerprint density at radius 3 is 2.59 bits per heavy atom. The van der Waals surface area contributed by atoms with Crippen LogP contribution in [0, 0.1) is 0 Å². The maximum absolute atomic E-state index is 10.6. The highest BCUT2D eigenvalue weighted by atomic mass is 16.5. The van der Waals surface area contributed by atoms with Crippen LogP contribution < -0.4 is 0 Å². The summed E-state index contributed by atoms with van der Waals surface area (Å²) in [6.07, 6.45) is 2.78. The molecule has 1 aliphatic rings. The molecule has 0 saturated heterocycles. The predicted molar refractivity (Wildman–Crippen MR) is 62.2 cm³/mol. The van der Waals surface area contributed by atoms with E-state index in [4.69, 9.17) is 5.11 Å². The van der Waals surface area contributed by atoms with E-state index in [-0.39, 0.29) is 12.6 Å². The third-order valence-corrected chi connectivity index (χ3v) is 1.71. The van der Waals surface area contributed by atoms with Gasteiger partial charge >= 0.3 is 11.9 Å². The van der Waals surface area contributed by atoms with Gasteiger partial charge in [-0.2, -0.15) is 0 Å². The maximum Gasteiger partial charge on any atom is 0.331 e. The van der Waals surface area contributed by atoms with Gasteiger partial charge in [-0.3, -0.25) is 0 Å². The zero-order chi connectivity index (χ0) is 13.3. The molecule has 0 amide bonds. The summed E-state index contributed by atoms with van der Waals surface area (Å²) in [6.45, 7) is 6.02. The predicted octanol–water partition coefficient (Wildman–Crippen LogP) is 0.978. The number of cyclic esters (lactones) is 1. The van der Waals surface area contributed by atoms with E-state index < -0.39 is 5.97 Å². The Morgan fingerprint density at radius 1 is 1.65 bits per heavy atom. The third-order valence-electron chi connectivity index (χ3n) is 1.71. The standard InChI is InChI=1S/C7H12O3.C5H6O2/c1-3-10-7(9)4-6(2)5-8;1-4-2-5(6)7-3-4/h4,8H,3,5H2,1-2H3;2H,3H2,1H3. The first-order chi connectivity index (χ1) is 7.99. The molecular weight excluding hydrogens is 224 g/mol. The minimum absolute atomic E-state index is 0.0984. The van der Waals surface area contributed by atoms with Gasteiger partial charge in [0.2, 0.25) is 0 Å². The van der Waals surface area contributed by atoms with Crippen molar-refractivity contribution in [2.45, 2.75) is 20.8 Å². The smallest absolute Gasteiger partial charge is 0.331 e. The number of esters is 2. The van der Waals surface area contributed by atoms with Gasteiger partial charge in [0, 0.05) is 12.2 Å². The van der Waals surface area contributed by atoms with Crippen molar-refractivity contribution in [2.75, 3.05) is 19.8 Å². The second-order valence-corrected chi connectivity index (χ2v) is 3.50. The molecule has 0 atom stereocenters. The van der Waals surface area contributed by atoms with E-state index in [1.807, 2.05) is 6.92 Å². The summed E-state index contributed by atoms with van der Waals surface area (Å²) in [6, 6.07) is 0. The maximum atomic E-state index is 10.6. The minimum Gasteiger partial charge on any atom is -0.463 e. The highest BCUT2D eigenvalue weighted by Gasteiger charge is 2.06. The molecule has 1 N–H and O–H groups in total. The Balaban J connectivity index is 0.000000318. The molecule has 1 rings (SSSR count). The van der Waals surface area contributed by atoms with E-state index in [0.29, 0.717) is 18.8 Å². The molecule has 0 aliphatic carbocycles. The molecule has 0 radical (unpaired) electrons. The van der Waals surface area contributed by atoms with Gasteiger partial charge < -0.3 is 14.6 Å². The molecule has 0 aromatic rings. The van der Waals surface area contributed by atoms with E-state index in [1.165, 1.54) is 12.2 Å². The summed E-state index contributed by atoms with van der Waals surface area (Å²) >= 11 is 0. The Morgan fingerprint density at radius 2 is 2.29 bits per heavy atom. The average molecular weight is 242 g/mol. The van der Waals surface area contributed by atoms with Crippen molar-refractivity contribution in [3.05, 3.63) is 23.3 Å². The van der Waals surface area contributed by atoms with E-state index in [9.17, 15) is 9.59 Å². The molecule has 0 aromatic heterocycles. The van der Waals surface area contributed by atoms with Gasteiger partial charge in [-0.25, -0.2) is 9.59 Å². The lowest BCUT2D eigenvalue weighted by atomic mass is 10.3. The number of hydrogen-bond donors (Lipinski definition) is 1. The van der Waals surface area contributed by atoms with Crippen molar-refractivity contribution in [3.8, 4) is 0 Å². The van der Waals surface area contributed by atoms with Crippen LogP contribution in [0.2, 0.25) is 0 Å². The number of carbonyl (C=O) groups excluding carboxylic acids is 2. The number of carbonyl (C=O) groups is 2. The van der Waals surface area contributed by atoms with Crippen LogP contribution in [0.25, 0.3) is 0 Å². The van der Waals surface area contributed by atoms with Gasteiger partial charge in [-0.05, 0) is 31.9 Å². The van der Waals surface area contributed by atoms with E-state index >= 15 is 0 Å². The highest BCUT2D eigenvalue weighted by Crippen LogP contribution is 2.02. The number of ether oxygens (including phenoxy) is 2. The SMILES string of the molecule is CC1=CC(=O)OC1.CCOC(=O)C=C(C)CO. The fourth-order valence-corrected chi connectivity index (χ4v) is 0.900. The zero-order valence-corrected chi connectivity index (χ0v) is 10.4. The molecule has 5 nitrogen and oxygen atoms in total. The summed E-state index contributed by atoms with van der Waals surface area (Å²) in [7, 11) is 0. The van der Waals surface area contributed by atoms with Gasteiger partial charge in [0.25, 0.3) is 0 Å². The normalized spacial score (nSPS) is 14.5. The molecule has 0 spiro atoms. The quantitative estimate of drug-likeness (QED) is 0.590. The van der Waals surface area contributed by atoms with Crippen LogP contribution in [0.1, 0.15) is 20.8 Å². The van der Waals surface area contributed by atoms with Crippen molar-refractivity contribution in [1.29, 1.82) is 0 Å². The lowest BCUT2D eigenvalue weighted by molar-refractivity contribution is -0.137. The van der Waals surface area contributed by atoms with Gasteiger partial charge in [0.1, 0.15) is 6.61 Å². The molecule has 96 valence electrons. The summed E-state index contributed by atoms with van der Waals surface area (Å²) in [5, 5.41) is 8.48. The summed E-state index contributed by atoms with van der Waals surface area (Å²) in [5.74, 6) is -0.605. The van der Waals surface area contributed by atoms with Crippen LogP contribution in [0.4, 0.5) is 0 Å². The van der Waals surface area contributed by atoms with Gasteiger partial charge in [-0.15, -0.1) is 0 Å². The zero-order valence-electron chi connectivity index (χ0n) is 10.4. The first kappa shape index (κ1) is 15.4. The first-order valence-corrected chi connectivity index (χ1v) is 5.28. The highest BCUT2D eigenvalue weighted by molar-refractivity contribution is 5.85. The number of aliphatic hydroxyl groups is 1. The lowest BCUT2D eigenvalue weighted by Crippen LogP contribution is -2.01. The van der Waals surface area contributed by atoms with Crippen molar-refractivity contribution < 1.29 is 24.2 Å². The molecule has 1 aliphatic heterocycles. The largest absolute Gasteiger partial charge is 0.463 e. The van der Waals surface area contributed by atoms with Crippen LogP contribution in [0.5, 0.6) is 0 Å². The Labute approximate surface area is 101 Å². The summed E-state index contributed by atoms with van der Waals surface area (Å²) in [4.78, 5) is 20.8. The fraction of sp³-hybridized carbons (Fsp3) is 0.500. The minimum atomic E-state index is -0.394. The Kier molecular flexibility index (Phi) is 7.71. The third kappa shape index (κ3) is 8.21. The molecule has 5 heteroatoms. The van der Waals surface area contributed by atoms with Crippen LogP contribution >= 0.6 is 0 Å². The summed E-state index contributed by atoms with van der Waals surface area (Å²) in [5.41, 5.74) is 1.61. The van der Waals surface area contributed by atoms with Crippen molar-refractivity contribution in [3.63, 3.8) is 0 Å². The number of rotatable bonds is 3. The second-order valence-electron chi connectivity index (χ2n) is 3.50. The first-order valence-electron chi connectivity index (χ1n) is 5.28. The molecule has 0 unspecified atom stereocenters. The second kappa shape index (κ2) is 8.52. The number of aliphatic hydroxyl groups excluding tert-OH is 1. The average Bonchev–Trinajstić information content (AvgIpc) is 2.63. The topological polar surface area (TPSA) is 72.8 Å². The molecule has 0 aromatic carbocycles. The van der Waals surface area contributed by atoms with Crippen LogP contribution in [0.3, 0.4) is 0 Å². The molecule has 0 bridgehead atoms. The van der Waals surface area contributed by atoms with Crippen molar-refractivity contribution in [2.24, 2.45) is 0 Å². The van der Waals surface area contributed by atoms with E-state index in [1.54, 1.807) is 13.8 Å². The van der Waals surface area contributed by atoms with Crippen LogP contribution in [-0.4, -0.2) is 36.9 Å². The van der Waals surface area contributed by atoms with Crippen LogP contribution in [0.15, 0.2) is 23.3 Å². The Hall–Kier alpha value is -1.62. The molecule has 1 heterocycles. The lowest BCUT2D eigenvalue weighted by Gasteiger charge is -1.96. The fourth-order valence-electron chi connectivity index (χ4n) is 0.900.